The van der Waals surface area contributed by atoms with Crippen molar-refractivity contribution in [3.63, 3.8) is 0 Å². The average Bonchev–Trinajstić information content (AvgIpc) is 2.99. The second-order valence-electron chi connectivity index (χ2n) is 4.64. The molecule has 0 unspecified atom stereocenters. The predicted octanol–water partition coefficient (Wildman–Crippen LogP) is 4.21. The van der Waals surface area contributed by atoms with Crippen LogP contribution in [0.2, 0.25) is 0 Å². The second kappa shape index (κ2) is 6.89. The number of hydrogen-bond donors (Lipinski definition) is 0. The van der Waals surface area contributed by atoms with E-state index in [-0.39, 0.29) is 0 Å². The Hall–Kier alpha value is -1.92. The maximum atomic E-state index is 5.23. The van der Waals surface area contributed by atoms with Crippen molar-refractivity contribution >= 4 is 23.1 Å². The maximum Gasteiger partial charge on any atom is 0.119 e. The van der Waals surface area contributed by atoms with Gasteiger partial charge in [-0.15, -0.1) is 21.5 Å². The summed E-state index contributed by atoms with van der Waals surface area (Å²) in [7, 11) is 1.66. The summed E-state index contributed by atoms with van der Waals surface area (Å²) in [5.41, 5.74) is 2.93. The van der Waals surface area contributed by atoms with E-state index in [1.54, 1.807) is 30.2 Å². The number of ether oxygens (including phenoxy) is 1. The quantitative estimate of drug-likeness (QED) is 0.656. The monoisotopic (exact) mass is 329 g/mol. The molecule has 3 aromatic rings. The second-order valence-corrected chi connectivity index (χ2v) is 6.69. The number of thioether (sulfide) groups is 1. The van der Waals surface area contributed by atoms with Gasteiger partial charge < -0.3 is 4.74 Å². The van der Waals surface area contributed by atoms with Crippen LogP contribution in [0.3, 0.4) is 0 Å². The lowest BCUT2D eigenvalue weighted by Crippen LogP contribution is -1.91. The highest BCUT2D eigenvalue weighted by Crippen LogP contribution is 2.25. The Balaban J connectivity index is 1.69. The molecule has 0 bridgehead atoms. The number of aryl methyl sites for hydroxylation is 1. The van der Waals surface area contributed by atoms with Crippen molar-refractivity contribution in [2.75, 3.05) is 7.11 Å². The molecular weight excluding hydrogens is 314 g/mol. The number of nitrogens with zero attached hydrogens (tertiary/aromatic N) is 3. The molecule has 1 aromatic carbocycles. The minimum absolute atomic E-state index is 0.816. The summed E-state index contributed by atoms with van der Waals surface area (Å²) in [5.74, 6) is 1.63. The zero-order valence-electron chi connectivity index (χ0n) is 12.3. The van der Waals surface area contributed by atoms with E-state index in [2.05, 4.69) is 20.6 Å². The Bertz CT molecular complexity index is 756. The molecule has 2 aromatic heterocycles. The molecule has 0 atom stereocenters. The molecule has 0 radical (unpaired) electrons. The SMILES string of the molecule is COc1cccc(-c2ccc(SCc3csc(C)n3)nn2)c1. The van der Waals surface area contributed by atoms with Crippen LogP contribution in [-0.2, 0) is 5.75 Å². The lowest BCUT2D eigenvalue weighted by atomic mass is 10.1. The molecule has 22 heavy (non-hydrogen) atoms. The lowest BCUT2D eigenvalue weighted by Gasteiger charge is -2.04. The van der Waals surface area contributed by atoms with E-state index in [1.807, 2.05) is 43.3 Å². The van der Waals surface area contributed by atoms with E-state index in [4.69, 9.17) is 4.74 Å². The molecular formula is C16H15N3OS2. The fraction of sp³-hybridized carbons (Fsp3) is 0.188. The van der Waals surface area contributed by atoms with Crippen molar-refractivity contribution in [1.82, 2.24) is 15.2 Å². The molecule has 0 aliphatic carbocycles. The third kappa shape index (κ3) is 3.64. The molecule has 4 nitrogen and oxygen atoms in total. The first-order valence-corrected chi connectivity index (χ1v) is 8.63. The molecule has 0 N–H and O–H groups in total. The van der Waals surface area contributed by atoms with E-state index in [9.17, 15) is 0 Å². The minimum atomic E-state index is 0.816. The molecule has 0 spiro atoms. The Morgan fingerprint density at radius 1 is 1.18 bits per heavy atom. The Morgan fingerprint density at radius 3 is 2.77 bits per heavy atom. The molecule has 0 fully saturated rings. The van der Waals surface area contributed by atoms with Crippen molar-refractivity contribution in [3.8, 4) is 17.0 Å². The van der Waals surface area contributed by atoms with Crippen LogP contribution in [-0.4, -0.2) is 22.3 Å². The van der Waals surface area contributed by atoms with Crippen molar-refractivity contribution in [2.45, 2.75) is 17.7 Å². The number of benzene rings is 1. The summed E-state index contributed by atoms with van der Waals surface area (Å²) in [6.07, 6.45) is 0. The van der Waals surface area contributed by atoms with Gasteiger partial charge in [-0.05, 0) is 31.2 Å². The number of methoxy groups -OCH3 is 1. The largest absolute Gasteiger partial charge is 0.497 e. The van der Waals surface area contributed by atoms with Crippen LogP contribution in [0, 0.1) is 6.92 Å². The average molecular weight is 329 g/mol. The van der Waals surface area contributed by atoms with Gasteiger partial charge in [-0.25, -0.2) is 4.98 Å². The van der Waals surface area contributed by atoms with Crippen LogP contribution in [0.4, 0.5) is 0 Å². The van der Waals surface area contributed by atoms with Crippen LogP contribution in [0.25, 0.3) is 11.3 Å². The van der Waals surface area contributed by atoms with Gasteiger partial charge in [0.1, 0.15) is 10.8 Å². The molecule has 2 heterocycles. The molecule has 0 saturated heterocycles. The van der Waals surface area contributed by atoms with E-state index in [1.165, 1.54) is 0 Å². The molecule has 3 rings (SSSR count). The molecule has 0 saturated carbocycles. The first-order chi connectivity index (χ1) is 10.7. The molecule has 112 valence electrons. The standard InChI is InChI=1S/C16H15N3OS2/c1-11-17-13(9-21-11)10-22-16-7-6-15(18-19-16)12-4-3-5-14(8-12)20-2/h3-9H,10H2,1-2H3. The summed E-state index contributed by atoms with van der Waals surface area (Å²) < 4.78 is 5.23. The van der Waals surface area contributed by atoms with Crippen molar-refractivity contribution < 1.29 is 4.74 Å². The fourth-order valence-electron chi connectivity index (χ4n) is 1.96. The smallest absolute Gasteiger partial charge is 0.119 e. The van der Waals surface area contributed by atoms with Gasteiger partial charge >= 0.3 is 0 Å². The molecule has 0 aliphatic rings. The normalized spacial score (nSPS) is 10.6. The third-order valence-corrected chi connectivity index (χ3v) is 4.82. The van der Waals surface area contributed by atoms with Gasteiger partial charge in [0.05, 0.1) is 23.5 Å². The van der Waals surface area contributed by atoms with Crippen LogP contribution in [0.5, 0.6) is 5.75 Å². The van der Waals surface area contributed by atoms with Gasteiger partial charge in [0, 0.05) is 16.7 Å². The highest BCUT2D eigenvalue weighted by Gasteiger charge is 2.05. The summed E-state index contributed by atoms with van der Waals surface area (Å²) in [6.45, 7) is 2.02. The van der Waals surface area contributed by atoms with Crippen molar-refractivity contribution in [1.29, 1.82) is 0 Å². The van der Waals surface area contributed by atoms with Crippen LogP contribution < -0.4 is 4.74 Å². The molecule has 6 heteroatoms. The van der Waals surface area contributed by atoms with E-state index in [0.717, 1.165) is 38.5 Å². The summed E-state index contributed by atoms with van der Waals surface area (Å²) in [5, 5.41) is 12.7. The topological polar surface area (TPSA) is 47.9 Å². The number of aromatic nitrogens is 3. The van der Waals surface area contributed by atoms with Gasteiger partial charge in [0.15, 0.2) is 0 Å². The molecule has 0 amide bonds. The van der Waals surface area contributed by atoms with Crippen LogP contribution in [0.1, 0.15) is 10.7 Å². The Labute approximate surface area is 137 Å². The summed E-state index contributed by atoms with van der Waals surface area (Å²) >= 11 is 3.31. The van der Waals surface area contributed by atoms with Crippen LogP contribution >= 0.6 is 23.1 Å². The summed E-state index contributed by atoms with van der Waals surface area (Å²) in [6, 6.07) is 11.8. The first-order valence-electron chi connectivity index (χ1n) is 6.76. The van der Waals surface area contributed by atoms with Crippen molar-refractivity contribution in [3.05, 3.63) is 52.5 Å². The minimum Gasteiger partial charge on any atom is -0.497 e. The van der Waals surface area contributed by atoms with Gasteiger partial charge in [-0.3, -0.25) is 0 Å². The zero-order chi connectivity index (χ0) is 15.4. The lowest BCUT2D eigenvalue weighted by molar-refractivity contribution is 0.415. The highest BCUT2D eigenvalue weighted by molar-refractivity contribution is 7.98. The van der Waals surface area contributed by atoms with Gasteiger partial charge in [-0.2, -0.15) is 0 Å². The Kier molecular flexibility index (Phi) is 4.70. The van der Waals surface area contributed by atoms with Crippen molar-refractivity contribution in [2.24, 2.45) is 0 Å². The first kappa shape index (κ1) is 15.0. The van der Waals surface area contributed by atoms with Gasteiger partial charge in [0.2, 0.25) is 0 Å². The third-order valence-electron chi connectivity index (χ3n) is 3.04. The van der Waals surface area contributed by atoms with Gasteiger partial charge in [-0.1, -0.05) is 23.9 Å². The fourth-order valence-corrected chi connectivity index (χ4v) is 3.38. The number of hydrogen-bond acceptors (Lipinski definition) is 6. The number of rotatable bonds is 5. The molecule has 0 aliphatic heterocycles. The summed E-state index contributed by atoms with van der Waals surface area (Å²) in [4.78, 5) is 4.45. The Morgan fingerprint density at radius 2 is 2.09 bits per heavy atom. The van der Waals surface area contributed by atoms with Gasteiger partial charge in [0.25, 0.3) is 0 Å². The maximum absolute atomic E-state index is 5.23. The van der Waals surface area contributed by atoms with E-state index in [0.29, 0.717) is 0 Å². The predicted molar refractivity (Wildman–Crippen MR) is 90.4 cm³/mol. The highest BCUT2D eigenvalue weighted by atomic mass is 32.2. The number of thiazole rings is 1. The zero-order valence-corrected chi connectivity index (χ0v) is 13.9. The van der Waals surface area contributed by atoms with E-state index >= 15 is 0 Å². The van der Waals surface area contributed by atoms with E-state index < -0.39 is 0 Å². The van der Waals surface area contributed by atoms with Crippen LogP contribution in [0.15, 0.2) is 46.8 Å².